The number of ether oxygens (including phenoxy) is 1. The number of alkyl halides is 2. The summed E-state index contributed by atoms with van der Waals surface area (Å²) in [6.45, 7) is 4.23. The van der Waals surface area contributed by atoms with Crippen LogP contribution in [0.25, 0.3) is 0 Å². The lowest BCUT2D eigenvalue weighted by molar-refractivity contribution is -0.0302. The van der Waals surface area contributed by atoms with Crippen molar-refractivity contribution >= 4 is 11.8 Å². The van der Waals surface area contributed by atoms with Gasteiger partial charge in [-0.15, -0.1) is 0 Å². The quantitative estimate of drug-likeness (QED) is 0.792. The summed E-state index contributed by atoms with van der Waals surface area (Å²) in [4.78, 5) is 2.52. The van der Waals surface area contributed by atoms with Crippen LogP contribution in [0, 0.1) is 0 Å². The minimum Gasteiger partial charge on any atom is -0.464 e. The van der Waals surface area contributed by atoms with Crippen LogP contribution in [0.2, 0.25) is 0 Å². The van der Waals surface area contributed by atoms with Crippen molar-refractivity contribution in [3.05, 3.63) is 23.7 Å². The Kier molecular flexibility index (Phi) is 5.73. The summed E-state index contributed by atoms with van der Waals surface area (Å²) >= 11 is 0.580. The molecular weight excluding hydrogens is 310 g/mol. The topological polar surface area (TPSA) is 37.6 Å². The van der Waals surface area contributed by atoms with Crippen LogP contribution in [0.4, 0.5) is 8.78 Å². The van der Waals surface area contributed by atoms with E-state index in [9.17, 15) is 8.78 Å². The Bertz CT molecular complexity index is 468. The standard InChI is InChI=1S/C15H22F2N2O2S/c16-15(17)22-10-13-4-3-12(21-13)7-18-8-14-9-19(5-6-20-14)11-1-2-11/h3-4,11,14-15,18H,1-2,5-10H2. The van der Waals surface area contributed by atoms with E-state index in [1.807, 2.05) is 6.07 Å². The number of furan rings is 1. The molecule has 1 N–H and O–H groups in total. The average Bonchev–Trinajstić information content (AvgIpc) is 3.26. The third-order valence-electron chi connectivity index (χ3n) is 3.97. The van der Waals surface area contributed by atoms with Crippen molar-refractivity contribution in [1.29, 1.82) is 0 Å². The molecule has 0 radical (unpaired) electrons. The van der Waals surface area contributed by atoms with Crippen molar-refractivity contribution < 1.29 is 17.9 Å². The van der Waals surface area contributed by atoms with Gasteiger partial charge in [-0.25, -0.2) is 0 Å². The van der Waals surface area contributed by atoms with Gasteiger partial charge in [0.2, 0.25) is 0 Å². The van der Waals surface area contributed by atoms with E-state index in [1.165, 1.54) is 12.8 Å². The van der Waals surface area contributed by atoms with Crippen LogP contribution in [-0.2, 0) is 17.0 Å². The maximum Gasteiger partial charge on any atom is 0.284 e. The minimum absolute atomic E-state index is 0.208. The number of halogens is 2. The van der Waals surface area contributed by atoms with E-state index in [4.69, 9.17) is 9.15 Å². The molecule has 1 unspecified atom stereocenters. The molecule has 2 fully saturated rings. The highest BCUT2D eigenvalue weighted by Gasteiger charge is 2.32. The first-order valence-corrected chi connectivity index (χ1v) is 8.79. The van der Waals surface area contributed by atoms with Gasteiger partial charge in [-0.3, -0.25) is 4.90 Å². The smallest absolute Gasteiger partial charge is 0.284 e. The fourth-order valence-electron chi connectivity index (χ4n) is 2.73. The van der Waals surface area contributed by atoms with Gasteiger partial charge in [0.25, 0.3) is 5.76 Å². The molecule has 1 atom stereocenters. The van der Waals surface area contributed by atoms with Gasteiger partial charge >= 0.3 is 0 Å². The van der Waals surface area contributed by atoms with Gasteiger partial charge in [-0.2, -0.15) is 8.78 Å². The van der Waals surface area contributed by atoms with E-state index in [2.05, 4.69) is 10.2 Å². The van der Waals surface area contributed by atoms with Crippen molar-refractivity contribution in [2.24, 2.45) is 0 Å². The Labute approximate surface area is 133 Å². The number of thioether (sulfide) groups is 1. The molecule has 4 nitrogen and oxygen atoms in total. The van der Waals surface area contributed by atoms with Gasteiger partial charge in [-0.05, 0) is 25.0 Å². The van der Waals surface area contributed by atoms with Gasteiger partial charge in [-0.1, -0.05) is 11.8 Å². The van der Waals surface area contributed by atoms with Crippen LogP contribution < -0.4 is 5.32 Å². The normalized spacial score (nSPS) is 23.3. The highest BCUT2D eigenvalue weighted by molar-refractivity contribution is 7.98. The molecule has 1 saturated heterocycles. The summed E-state index contributed by atoms with van der Waals surface area (Å²) < 4.78 is 35.5. The molecule has 0 spiro atoms. The van der Waals surface area contributed by atoms with E-state index in [1.54, 1.807) is 6.07 Å². The molecule has 1 aromatic rings. The summed E-state index contributed by atoms with van der Waals surface area (Å²) in [5.41, 5.74) is 0. The molecule has 1 aliphatic carbocycles. The number of morpholine rings is 1. The summed E-state index contributed by atoms with van der Waals surface area (Å²) in [6, 6.07) is 4.39. The fourth-order valence-corrected chi connectivity index (χ4v) is 3.18. The number of nitrogens with zero attached hydrogens (tertiary/aromatic N) is 1. The predicted octanol–water partition coefficient (Wildman–Crippen LogP) is 2.69. The monoisotopic (exact) mass is 332 g/mol. The molecule has 2 heterocycles. The lowest BCUT2D eigenvalue weighted by Gasteiger charge is -2.33. The summed E-state index contributed by atoms with van der Waals surface area (Å²) in [5.74, 6) is -0.778. The third kappa shape index (κ3) is 4.94. The molecule has 1 saturated carbocycles. The molecule has 0 amide bonds. The molecule has 2 aliphatic rings. The second-order valence-electron chi connectivity index (χ2n) is 5.79. The van der Waals surface area contributed by atoms with Crippen LogP contribution in [0.15, 0.2) is 16.5 Å². The first-order valence-electron chi connectivity index (χ1n) is 7.74. The highest BCUT2D eigenvalue weighted by atomic mass is 32.2. The van der Waals surface area contributed by atoms with Crippen molar-refractivity contribution in [3.63, 3.8) is 0 Å². The van der Waals surface area contributed by atoms with Crippen LogP contribution in [-0.4, -0.2) is 49.0 Å². The number of nitrogens with one attached hydrogen (secondary N) is 1. The molecule has 0 aromatic carbocycles. The maximum atomic E-state index is 12.1. The molecule has 0 bridgehead atoms. The van der Waals surface area contributed by atoms with Gasteiger partial charge in [0.05, 0.1) is 25.0 Å². The molecular formula is C15H22F2N2O2S. The van der Waals surface area contributed by atoms with Gasteiger partial charge in [0, 0.05) is 25.7 Å². The zero-order valence-corrected chi connectivity index (χ0v) is 13.3. The van der Waals surface area contributed by atoms with Gasteiger partial charge in [0.15, 0.2) is 0 Å². The Morgan fingerprint density at radius 2 is 2.14 bits per heavy atom. The SMILES string of the molecule is FC(F)SCc1ccc(CNCC2CN(C3CC3)CCO2)o1. The third-order valence-corrected chi connectivity index (χ3v) is 4.68. The predicted molar refractivity (Wildman–Crippen MR) is 82.0 cm³/mol. The summed E-state index contributed by atoms with van der Waals surface area (Å²) in [6.07, 6.45) is 2.87. The molecule has 7 heteroatoms. The minimum atomic E-state index is -2.36. The zero-order valence-electron chi connectivity index (χ0n) is 12.5. The van der Waals surface area contributed by atoms with E-state index in [0.29, 0.717) is 24.1 Å². The second-order valence-corrected chi connectivity index (χ2v) is 6.77. The summed E-state index contributed by atoms with van der Waals surface area (Å²) in [5, 5.41) is 3.33. The number of rotatable bonds is 8. The van der Waals surface area contributed by atoms with Crippen LogP contribution >= 0.6 is 11.8 Å². The highest BCUT2D eigenvalue weighted by Crippen LogP contribution is 2.28. The van der Waals surface area contributed by atoms with E-state index in [0.717, 1.165) is 38.0 Å². The lowest BCUT2D eigenvalue weighted by Crippen LogP contribution is -2.47. The molecule has 22 heavy (non-hydrogen) atoms. The number of hydrogen-bond donors (Lipinski definition) is 1. The van der Waals surface area contributed by atoms with E-state index >= 15 is 0 Å². The fraction of sp³-hybridized carbons (Fsp3) is 0.733. The van der Waals surface area contributed by atoms with Crippen molar-refractivity contribution in [1.82, 2.24) is 10.2 Å². The molecule has 124 valence electrons. The largest absolute Gasteiger partial charge is 0.464 e. The molecule has 1 aliphatic heterocycles. The van der Waals surface area contributed by atoms with Crippen molar-refractivity contribution in [2.75, 3.05) is 26.2 Å². The lowest BCUT2D eigenvalue weighted by atomic mass is 10.2. The van der Waals surface area contributed by atoms with E-state index < -0.39 is 5.76 Å². The zero-order chi connectivity index (χ0) is 15.4. The van der Waals surface area contributed by atoms with Crippen LogP contribution in [0.1, 0.15) is 24.4 Å². The Morgan fingerprint density at radius 1 is 1.32 bits per heavy atom. The maximum absolute atomic E-state index is 12.1. The van der Waals surface area contributed by atoms with E-state index in [-0.39, 0.29) is 11.9 Å². The van der Waals surface area contributed by atoms with Crippen molar-refractivity contribution in [3.8, 4) is 0 Å². The Balaban J connectivity index is 1.35. The van der Waals surface area contributed by atoms with Crippen molar-refractivity contribution in [2.45, 2.75) is 43.0 Å². The first kappa shape index (κ1) is 16.2. The molecule has 1 aromatic heterocycles. The Hall–Kier alpha value is -0.630. The number of hydrogen-bond acceptors (Lipinski definition) is 5. The Morgan fingerprint density at radius 3 is 2.91 bits per heavy atom. The van der Waals surface area contributed by atoms with Gasteiger partial charge < -0.3 is 14.5 Å². The first-order chi connectivity index (χ1) is 10.7. The van der Waals surface area contributed by atoms with Crippen LogP contribution in [0.3, 0.4) is 0 Å². The average molecular weight is 332 g/mol. The second kappa shape index (κ2) is 7.77. The van der Waals surface area contributed by atoms with Crippen LogP contribution in [0.5, 0.6) is 0 Å². The molecule has 3 rings (SSSR count). The summed E-state index contributed by atoms with van der Waals surface area (Å²) in [7, 11) is 0. The van der Waals surface area contributed by atoms with Gasteiger partial charge in [0.1, 0.15) is 11.5 Å².